The zero-order valence-corrected chi connectivity index (χ0v) is 20.8. The fourth-order valence-corrected chi connectivity index (χ4v) is 3.69. The number of ether oxygens (including phenoxy) is 2. The molecule has 0 spiro atoms. The van der Waals surface area contributed by atoms with Crippen LogP contribution in [0, 0.1) is 13.8 Å². The second kappa shape index (κ2) is 12.6. The molecule has 0 saturated carbocycles. The Balaban J connectivity index is 0.000000302. The van der Waals surface area contributed by atoms with Gasteiger partial charge in [-0.3, -0.25) is 0 Å². The third kappa shape index (κ3) is 7.78. The van der Waals surface area contributed by atoms with Crippen molar-refractivity contribution < 1.29 is 17.9 Å². The first-order chi connectivity index (χ1) is 16.5. The van der Waals surface area contributed by atoms with Gasteiger partial charge in [-0.1, -0.05) is 54.4 Å². The van der Waals surface area contributed by atoms with Crippen molar-refractivity contribution in [3.63, 3.8) is 0 Å². The van der Waals surface area contributed by atoms with E-state index in [0.29, 0.717) is 16.4 Å². The van der Waals surface area contributed by atoms with Crippen LogP contribution in [-0.4, -0.2) is 11.3 Å². The van der Waals surface area contributed by atoms with Gasteiger partial charge in [0.25, 0.3) is 0 Å². The van der Waals surface area contributed by atoms with E-state index in [1.165, 1.54) is 16.7 Å². The quantitative estimate of drug-likeness (QED) is 0.279. The monoisotopic (exact) mass is 474 g/mol. The third-order valence-electron chi connectivity index (χ3n) is 5.03. The number of hydrogen-bond acceptors (Lipinski definition) is 4. The van der Waals surface area contributed by atoms with Gasteiger partial charge in [0.1, 0.15) is 23.0 Å². The van der Waals surface area contributed by atoms with E-state index in [9.17, 15) is 4.21 Å². The molecule has 0 N–H and O–H groups in total. The molecule has 4 aromatic carbocycles. The maximum Gasteiger partial charge on any atom is 0.240 e. The Morgan fingerprint density at radius 3 is 1.56 bits per heavy atom. The van der Waals surface area contributed by atoms with Crippen LogP contribution in [0.15, 0.2) is 102 Å². The molecule has 0 bridgehead atoms. The molecule has 0 aliphatic carbocycles. The van der Waals surface area contributed by atoms with E-state index in [1.54, 1.807) is 55.6 Å². The first kappa shape index (κ1) is 25.1. The highest BCUT2D eigenvalue weighted by Gasteiger charge is 2.08. The number of hydrogen-bond donors (Lipinski definition) is 0. The lowest BCUT2D eigenvalue weighted by Crippen LogP contribution is -2.01. The SMILES string of the molecule is CCc1ccc(C)cc1.COc1ccc(OS(=O)c2ccc(Oc3ccc(C)cc3)cc2)cc1. The van der Waals surface area contributed by atoms with E-state index >= 15 is 0 Å². The second-order valence-electron chi connectivity index (χ2n) is 7.72. The zero-order valence-electron chi connectivity index (χ0n) is 20.0. The Kier molecular flexibility index (Phi) is 9.30. The standard InChI is InChI=1S/C20H18O4S.C9H12/c1-15-3-5-17(6-4-15)23-18-11-13-20(14-12-18)25(21)24-19-9-7-16(22-2)8-10-19;1-3-9-6-4-8(2)5-7-9/h3-14H,1-2H3;4-7H,3H2,1-2H3. The average molecular weight is 475 g/mol. The molecule has 1 atom stereocenters. The number of benzene rings is 4. The van der Waals surface area contributed by atoms with Gasteiger partial charge < -0.3 is 13.7 Å². The van der Waals surface area contributed by atoms with Gasteiger partial charge in [-0.15, -0.1) is 0 Å². The number of methoxy groups -OCH3 is 1. The van der Waals surface area contributed by atoms with Gasteiger partial charge in [0, 0.05) is 0 Å². The molecule has 0 radical (unpaired) electrons. The largest absolute Gasteiger partial charge is 0.497 e. The molecular weight excluding hydrogens is 444 g/mol. The van der Waals surface area contributed by atoms with Crippen LogP contribution >= 0.6 is 0 Å². The molecule has 0 aliphatic rings. The lowest BCUT2D eigenvalue weighted by atomic mass is 10.1. The molecule has 5 heteroatoms. The molecule has 4 aromatic rings. The topological polar surface area (TPSA) is 44.8 Å². The van der Waals surface area contributed by atoms with Gasteiger partial charge in [-0.05, 0) is 86.5 Å². The Morgan fingerprint density at radius 1 is 0.618 bits per heavy atom. The molecule has 34 heavy (non-hydrogen) atoms. The molecule has 0 aliphatic heterocycles. The molecule has 1 unspecified atom stereocenters. The van der Waals surface area contributed by atoms with Crippen molar-refractivity contribution >= 4 is 11.1 Å². The Morgan fingerprint density at radius 2 is 1.06 bits per heavy atom. The summed E-state index contributed by atoms with van der Waals surface area (Å²) in [7, 11) is 1.59. The fourth-order valence-electron chi connectivity index (χ4n) is 2.95. The molecule has 0 amide bonds. The fraction of sp³-hybridized carbons (Fsp3) is 0.172. The summed E-state index contributed by atoms with van der Waals surface area (Å²) < 4.78 is 28.6. The molecule has 176 valence electrons. The first-order valence-corrected chi connectivity index (χ1v) is 12.2. The summed E-state index contributed by atoms with van der Waals surface area (Å²) in [6.07, 6.45) is 1.14. The molecule has 4 nitrogen and oxygen atoms in total. The van der Waals surface area contributed by atoms with Crippen molar-refractivity contribution in [2.24, 2.45) is 0 Å². The first-order valence-electron chi connectivity index (χ1n) is 11.1. The summed E-state index contributed by atoms with van der Waals surface area (Å²) in [5, 5.41) is 0. The van der Waals surface area contributed by atoms with Crippen LogP contribution in [0.4, 0.5) is 0 Å². The number of aryl methyl sites for hydroxylation is 3. The van der Waals surface area contributed by atoms with E-state index in [-0.39, 0.29) is 0 Å². The van der Waals surface area contributed by atoms with Gasteiger partial charge >= 0.3 is 0 Å². The lowest BCUT2D eigenvalue weighted by molar-refractivity contribution is 0.414. The van der Waals surface area contributed by atoms with E-state index in [0.717, 1.165) is 17.9 Å². The number of rotatable bonds is 7. The van der Waals surface area contributed by atoms with Crippen LogP contribution in [0.25, 0.3) is 0 Å². The van der Waals surface area contributed by atoms with Gasteiger partial charge in [0.2, 0.25) is 11.1 Å². The maximum absolute atomic E-state index is 12.3. The molecule has 0 saturated heterocycles. The third-order valence-corrected chi connectivity index (χ3v) is 6.03. The molecule has 0 heterocycles. The highest BCUT2D eigenvalue weighted by molar-refractivity contribution is 7.80. The van der Waals surface area contributed by atoms with Gasteiger partial charge in [0.15, 0.2) is 0 Å². The molecule has 0 fully saturated rings. The predicted molar refractivity (Wildman–Crippen MR) is 138 cm³/mol. The van der Waals surface area contributed by atoms with Crippen LogP contribution in [0.2, 0.25) is 0 Å². The Bertz CT molecular complexity index is 1170. The second-order valence-corrected chi connectivity index (χ2v) is 8.83. The van der Waals surface area contributed by atoms with E-state index in [2.05, 4.69) is 38.1 Å². The van der Waals surface area contributed by atoms with Crippen molar-refractivity contribution in [3.05, 3.63) is 114 Å². The van der Waals surface area contributed by atoms with Crippen molar-refractivity contribution in [2.75, 3.05) is 7.11 Å². The van der Waals surface area contributed by atoms with Crippen LogP contribution in [0.5, 0.6) is 23.0 Å². The van der Waals surface area contributed by atoms with Crippen LogP contribution < -0.4 is 13.7 Å². The highest BCUT2D eigenvalue weighted by Crippen LogP contribution is 2.24. The van der Waals surface area contributed by atoms with Gasteiger partial charge in [0.05, 0.1) is 12.0 Å². The summed E-state index contributed by atoms with van der Waals surface area (Å²) in [6.45, 7) is 6.31. The molecule has 0 aromatic heterocycles. The van der Waals surface area contributed by atoms with E-state index in [4.69, 9.17) is 13.7 Å². The molecular formula is C29H30O4S. The normalized spacial score (nSPS) is 11.1. The summed E-state index contributed by atoms with van der Waals surface area (Å²) in [6, 6.07) is 30.4. The predicted octanol–water partition coefficient (Wildman–Crippen LogP) is 7.45. The van der Waals surface area contributed by atoms with Gasteiger partial charge in [-0.2, -0.15) is 0 Å². The van der Waals surface area contributed by atoms with Crippen molar-refractivity contribution in [2.45, 2.75) is 32.1 Å². The minimum absolute atomic E-state index is 0.513. The summed E-state index contributed by atoms with van der Waals surface area (Å²) in [5.41, 5.74) is 3.93. The molecule has 4 rings (SSSR count). The van der Waals surface area contributed by atoms with E-state index in [1.807, 2.05) is 31.2 Å². The average Bonchev–Trinajstić information content (AvgIpc) is 2.87. The summed E-state index contributed by atoms with van der Waals surface area (Å²) >= 11 is -1.60. The maximum atomic E-state index is 12.3. The smallest absolute Gasteiger partial charge is 0.240 e. The van der Waals surface area contributed by atoms with Gasteiger partial charge in [-0.25, -0.2) is 4.21 Å². The minimum Gasteiger partial charge on any atom is -0.497 e. The highest BCUT2D eigenvalue weighted by atomic mass is 32.2. The van der Waals surface area contributed by atoms with Crippen molar-refractivity contribution in [1.29, 1.82) is 0 Å². The minimum atomic E-state index is -1.60. The van der Waals surface area contributed by atoms with Crippen LogP contribution in [0.3, 0.4) is 0 Å². The Hall–Kier alpha value is -3.57. The van der Waals surface area contributed by atoms with Crippen LogP contribution in [-0.2, 0) is 17.5 Å². The van der Waals surface area contributed by atoms with Crippen molar-refractivity contribution in [3.8, 4) is 23.0 Å². The summed E-state index contributed by atoms with van der Waals surface area (Å²) in [4.78, 5) is 0.562. The summed E-state index contributed by atoms with van der Waals surface area (Å²) in [5.74, 6) is 2.66. The van der Waals surface area contributed by atoms with Crippen molar-refractivity contribution in [1.82, 2.24) is 0 Å². The Labute approximate surface area is 204 Å². The lowest BCUT2D eigenvalue weighted by Gasteiger charge is -2.08. The zero-order chi connectivity index (χ0) is 24.3. The van der Waals surface area contributed by atoms with E-state index < -0.39 is 11.1 Å². The van der Waals surface area contributed by atoms with Crippen LogP contribution in [0.1, 0.15) is 23.6 Å².